The zero-order valence-electron chi connectivity index (χ0n) is 12.2. The number of allylic oxidation sites excluding steroid dienone is 2. The molecule has 0 N–H and O–H groups in total. The van der Waals surface area contributed by atoms with Crippen molar-refractivity contribution in [3.8, 4) is 6.07 Å². The van der Waals surface area contributed by atoms with Gasteiger partial charge < -0.3 is 0 Å². The molecule has 104 valence electrons. The minimum Gasteiger partial charge on any atom is -0.198 e. The highest BCUT2D eigenvalue weighted by atomic mass is 14.8. The molecular weight excluding hydrogens is 242 g/mol. The molecule has 0 saturated heterocycles. The average Bonchev–Trinajstić information content (AvgIpc) is 3.22. The first-order valence-corrected chi connectivity index (χ1v) is 8.81. The average molecular weight is 265 g/mol. The van der Waals surface area contributed by atoms with Gasteiger partial charge in [-0.05, 0) is 91.8 Å². The predicted octanol–water partition coefficient (Wildman–Crippen LogP) is 3.88. The lowest BCUT2D eigenvalue weighted by Crippen LogP contribution is -2.44. The number of hydrogen-bond donors (Lipinski definition) is 0. The summed E-state index contributed by atoms with van der Waals surface area (Å²) in [4.78, 5) is 0. The summed E-state index contributed by atoms with van der Waals surface area (Å²) in [5, 5.41) is 9.67. The summed E-state index contributed by atoms with van der Waals surface area (Å²) in [6, 6.07) is 2.72. The van der Waals surface area contributed by atoms with Crippen LogP contribution in [0.1, 0.15) is 32.6 Å². The molecule has 6 aliphatic carbocycles. The van der Waals surface area contributed by atoms with Gasteiger partial charge in [0.1, 0.15) is 0 Å². The summed E-state index contributed by atoms with van der Waals surface area (Å²) < 4.78 is 0. The van der Waals surface area contributed by atoms with Gasteiger partial charge >= 0.3 is 0 Å². The van der Waals surface area contributed by atoms with Crippen molar-refractivity contribution in [3.63, 3.8) is 0 Å². The van der Waals surface area contributed by atoms with E-state index < -0.39 is 0 Å². The van der Waals surface area contributed by atoms with E-state index in [0.717, 1.165) is 59.2 Å². The van der Waals surface area contributed by atoms with E-state index in [0.29, 0.717) is 0 Å². The van der Waals surface area contributed by atoms with Crippen molar-refractivity contribution in [1.29, 1.82) is 5.26 Å². The van der Waals surface area contributed by atoms with Crippen LogP contribution in [0, 0.1) is 75.9 Å². The Kier molecular flexibility index (Phi) is 1.65. The molecule has 0 spiro atoms. The van der Waals surface area contributed by atoms with Gasteiger partial charge in [0.25, 0.3) is 0 Å². The van der Waals surface area contributed by atoms with Crippen molar-refractivity contribution >= 4 is 0 Å². The van der Waals surface area contributed by atoms with E-state index in [1.165, 1.54) is 25.7 Å². The highest BCUT2D eigenvalue weighted by Crippen LogP contribution is 2.77. The van der Waals surface area contributed by atoms with Gasteiger partial charge in [-0.1, -0.05) is 12.2 Å². The van der Waals surface area contributed by atoms with E-state index in [4.69, 9.17) is 0 Å². The van der Waals surface area contributed by atoms with Crippen molar-refractivity contribution in [2.24, 2.45) is 64.6 Å². The molecule has 0 amide bonds. The summed E-state index contributed by atoms with van der Waals surface area (Å²) in [7, 11) is 0. The molecule has 1 nitrogen and oxygen atoms in total. The van der Waals surface area contributed by atoms with Crippen LogP contribution in [0.2, 0.25) is 0 Å². The molecule has 5 saturated carbocycles. The normalized spacial score (nSPS) is 70.4. The monoisotopic (exact) mass is 265 g/mol. The first-order chi connectivity index (χ1) is 9.71. The molecule has 6 rings (SSSR count). The van der Waals surface area contributed by atoms with Gasteiger partial charge in [0.05, 0.1) is 11.5 Å². The van der Waals surface area contributed by atoms with Crippen molar-refractivity contribution < 1.29 is 0 Å². The van der Waals surface area contributed by atoms with E-state index >= 15 is 0 Å². The molecule has 0 aromatic carbocycles. The smallest absolute Gasteiger partial charge is 0.0689 e. The van der Waals surface area contributed by atoms with E-state index in [1.54, 1.807) is 0 Å². The fourth-order valence-electron chi connectivity index (χ4n) is 8.73. The Morgan fingerprint density at radius 2 is 1.65 bits per heavy atom. The van der Waals surface area contributed by atoms with Gasteiger partial charge in [-0.25, -0.2) is 0 Å². The second kappa shape index (κ2) is 3.03. The second-order valence-corrected chi connectivity index (χ2v) is 9.16. The molecule has 0 radical (unpaired) electrons. The van der Waals surface area contributed by atoms with Gasteiger partial charge in [0.15, 0.2) is 0 Å². The van der Waals surface area contributed by atoms with Gasteiger partial charge in [-0.2, -0.15) is 5.26 Å². The molecule has 0 aromatic rings. The second-order valence-electron chi connectivity index (χ2n) is 9.16. The topological polar surface area (TPSA) is 23.8 Å². The number of rotatable bonds is 0. The van der Waals surface area contributed by atoms with Crippen molar-refractivity contribution in [1.82, 2.24) is 0 Å². The Bertz CT molecular complexity index is 571. The number of hydrogen-bond acceptors (Lipinski definition) is 1. The third-order valence-electron chi connectivity index (χ3n) is 8.88. The van der Waals surface area contributed by atoms with Crippen LogP contribution in [0.5, 0.6) is 0 Å². The van der Waals surface area contributed by atoms with Crippen LogP contribution in [0.15, 0.2) is 12.2 Å². The fourth-order valence-corrected chi connectivity index (χ4v) is 8.73. The molecule has 5 fully saturated rings. The maximum atomic E-state index is 9.67. The molecule has 0 heterocycles. The van der Waals surface area contributed by atoms with Gasteiger partial charge in [-0.3, -0.25) is 0 Å². The zero-order chi connectivity index (χ0) is 13.2. The SMILES string of the molecule is CC1(C#N)CC2CC1C1C3CC(C4C5C=CC(C5)C34)C21. The number of fused-ring (bicyclic) bond motifs is 16. The van der Waals surface area contributed by atoms with Crippen LogP contribution in [-0.2, 0) is 0 Å². The molecule has 6 aliphatic rings. The van der Waals surface area contributed by atoms with Crippen LogP contribution >= 0.6 is 0 Å². The van der Waals surface area contributed by atoms with Crippen LogP contribution < -0.4 is 0 Å². The molecular formula is C19H23N. The summed E-state index contributed by atoms with van der Waals surface area (Å²) in [5.74, 6) is 9.64. The van der Waals surface area contributed by atoms with Crippen molar-refractivity contribution in [2.75, 3.05) is 0 Å². The molecule has 11 atom stereocenters. The third kappa shape index (κ3) is 0.920. The summed E-state index contributed by atoms with van der Waals surface area (Å²) >= 11 is 0. The number of nitrogens with zero attached hydrogens (tertiary/aromatic N) is 1. The summed E-state index contributed by atoms with van der Waals surface area (Å²) in [5.41, 5.74) is 0.0271. The van der Waals surface area contributed by atoms with Crippen LogP contribution in [-0.4, -0.2) is 0 Å². The van der Waals surface area contributed by atoms with Gasteiger partial charge in [-0.15, -0.1) is 0 Å². The predicted molar refractivity (Wildman–Crippen MR) is 76.2 cm³/mol. The molecule has 0 aromatic heterocycles. The van der Waals surface area contributed by atoms with E-state index in [9.17, 15) is 5.26 Å². The largest absolute Gasteiger partial charge is 0.198 e. The Morgan fingerprint density at radius 1 is 0.950 bits per heavy atom. The van der Waals surface area contributed by atoms with E-state index in [2.05, 4.69) is 25.1 Å². The highest BCUT2D eigenvalue weighted by Gasteiger charge is 2.72. The highest BCUT2D eigenvalue weighted by molar-refractivity contribution is 5.27. The molecule has 20 heavy (non-hydrogen) atoms. The Morgan fingerprint density at radius 3 is 2.35 bits per heavy atom. The maximum absolute atomic E-state index is 9.67. The standard InChI is InChI=1S/C19H23N/c1-19(8-20)7-11-5-14(19)18-13-6-12(17(11)18)15-9-2-3-10(4-9)16(13)15/h2-3,9-18H,4-7H2,1H3. The maximum Gasteiger partial charge on any atom is 0.0689 e. The number of nitriles is 1. The minimum absolute atomic E-state index is 0.0271. The lowest BCUT2D eigenvalue weighted by molar-refractivity contribution is 0.0150. The Hall–Kier alpha value is -0.770. The van der Waals surface area contributed by atoms with Crippen molar-refractivity contribution in [2.45, 2.75) is 32.6 Å². The Labute approximate surface area is 121 Å². The Balaban J connectivity index is 1.45. The van der Waals surface area contributed by atoms with Gasteiger partial charge in [0.2, 0.25) is 0 Å². The third-order valence-corrected chi connectivity index (χ3v) is 8.88. The first kappa shape index (κ1) is 10.9. The quantitative estimate of drug-likeness (QED) is 0.482. The summed E-state index contributed by atoms with van der Waals surface area (Å²) in [6.45, 7) is 2.28. The fraction of sp³-hybridized carbons (Fsp3) is 0.842. The van der Waals surface area contributed by atoms with E-state index in [1.807, 2.05) is 0 Å². The van der Waals surface area contributed by atoms with Crippen molar-refractivity contribution in [3.05, 3.63) is 12.2 Å². The minimum atomic E-state index is 0.0271. The van der Waals surface area contributed by atoms with Crippen LogP contribution in [0.3, 0.4) is 0 Å². The molecule has 11 unspecified atom stereocenters. The molecule has 1 heteroatoms. The van der Waals surface area contributed by atoms with Gasteiger partial charge in [0, 0.05) is 0 Å². The molecule has 0 aliphatic heterocycles. The zero-order valence-corrected chi connectivity index (χ0v) is 12.2. The first-order valence-electron chi connectivity index (χ1n) is 8.81. The van der Waals surface area contributed by atoms with E-state index in [-0.39, 0.29) is 5.41 Å². The van der Waals surface area contributed by atoms with Crippen LogP contribution in [0.4, 0.5) is 0 Å². The summed E-state index contributed by atoms with van der Waals surface area (Å²) in [6.07, 6.45) is 10.8. The molecule has 6 bridgehead atoms. The lowest BCUT2D eigenvalue weighted by atomic mass is 9.56. The lowest BCUT2D eigenvalue weighted by Gasteiger charge is -2.47. The van der Waals surface area contributed by atoms with Crippen LogP contribution in [0.25, 0.3) is 0 Å².